The second-order valence-corrected chi connectivity index (χ2v) is 10.2. The minimum atomic E-state index is -0.749. The first kappa shape index (κ1) is 27.8. The number of halogens is 1. The number of thioether (sulfide) groups is 1. The van der Waals surface area contributed by atoms with E-state index in [2.05, 4.69) is 27.9 Å². The van der Waals surface area contributed by atoms with Crippen molar-refractivity contribution < 1.29 is 33.6 Å². The molecule has 1 aliphatic rings. The number of non-ortho nitro benzene ring substituents is 1. The molecule has 1 N–H and O–H groups in total. The molecule has 0 atom stereocenters. The van der Waals surface area contributed by atoms with Crippen LogP contribution in [0.15, 0.2) is 71.6 Å². The molecule has 1 saturated heterocycles. The SMILES string of the molecule is COc1cc(/C=C2\SC(=O)N(CC(=O)Nc3ccc(I)cc3)C2=O)ccc1OC(=O)c1ccc([N+](=O)[O-])cc1. The molecule has 0 unspecified atom stereocenters. The molecule has 0 aliphatic carbocycles. The fraction of sp³-hybridized carbons (Fsp3) is 0.0769. The maximum atomic E-state index is 12.8. The topological polar surface area (TPSA) is 145 Å². The number of carbonyl (C=O) groups excluding carboxylic acids is 4. The lowest BCUT2D eigenvalue weighted by Crippen LogP contribution is -2.36. The van der Waals surface area contributed by atoms with Gasteiger partial charge in [-0.2, -0.15) is 0 Å². The number of imide groups is 1. The number of nitro benzene ring substituents is 1. The highest BCUT2D eigenvalue weighted by Gasteiger charge is 2.36. The number of esters is 1. The minimum absolute atomic E-state index is 0.0818. The van der Waals surface area contributed by atoms with Crippen LogP contribution in [0.5, 0.6) is 11.5 Å². The van der Waals surface area contributed by atoms with Gasteiger partial charge in [-0.25, -0.2) is 4.79 Å². The van der Waals surface area contributed by atoms with E-state index in [4.69, 9.17) is 9.47 Å². The van der Waals surface area contributed by atoms with Crippen molar-refractivity contribution in [2.75, 3.05) is 19.0 Å². The number of rotatable bonds is 8. The number of amides is 3. The Bertz CT molecular complexity index is 1510. The zero-order chi connectivity index (χ0) is 28.1. The maximum Gasteiger partial charge on any atom is 0.343 e. The van der Waals surface area contributed by atoms with Crippen LogP contribution < -0.4 is 14.8 Å². The molecule has 11 nitrogen and oxygen atoms in total. The third kappa shape index (κ3) is 6.80. The van der Waals surface area contributed by atoms with Crippen molar-refractivity contribution in [1.82, 2.24) is 4.90 Å². The number of benzene rings is 3. The van der Waals surface area contributed by atoms with Crippen LogP contribution in [0.25, 0.3) is 6.08 Å². The Hall–Kier alpha value is -4.24. The molecule has 0 bridgehead atoms. The average Bonchev–Trinajstić information content (AvgIpc) is 3.17. The Labute approximate surface area is 239 Å². The predicted octanol–water partition coefficient (Wildman–Crippen LogP) is 5.10. The second kappa shape index (κ2) is 12.1. The van der Waals surface area contributed by atoms with Crippen molar-refractivity contribution in [3.8, 4) is 11.5 Å². The molecule has 13 heteroatoms. The second-order valence-electron chi connectivity index (χ2n) is 7.93. The summed E-state index contributed by atoms with van der Waals surface area (Å²) in [5.41, 5.74) is 0.969. The summed E-state index contributed by atoms with van der Waals surface area (Å²) in [5.74, 6) is -1.62. The van der Waals surface area contributed by atoms with Crippen molar-refractivity contribution in [3.05, 3.63) is 96.4 Å². The fourth-order valence-corrected chi connectivity index (χ4v) is 4.60. The highest BCUT2D eigenvalue weighted by atomic mass is 127. The number of ether oxygens (including phenoxy) is 2. The van der Waals surface area contributed by atoms with Gasteiger partial charge in [0.15, 0.2) is 11.5 Å². The minimum Gasteiger partial charge on any atom is -0.493 e. The molecular formula is C26H18IN3O8S. The van der Waals surface area contributed by atoms with Gasteiger partial charge in [-0.05, 0) is 94.5 Å². The Morgan fingerprint density at radius 1 is 1.05 bits per heavy atom. The highest BCUT2D eigenvalue weighted by Crippen LogP contribution is 2.35. The lowest BCUT2D eigenvalue weighted by Gasteiger charge is -2.12. The monoisotopic (exact) mass is 659 g/mol. The van der Waals surface area contributed by atoms with E-state index in [0.717, 1.165) is 8.47 Å². The molecule has 3 aromatic carbocycles. The number of nitro groups is 1. The summed E-state index contributed by atoms with van der Waals surface area (Å²) in [6, 6.07) is 16.5. The Balaban J connectivity index is 1.44. The maximum absolute atomic E-state index is 12.8. The number of hydrogen-bond acceptors (Lipinski definition) is 9. The fourth-order valence-electron chi connectivity index (χ4n) is 3.40. The van der Waals surface area contributed by atoms with Crippen molar-refractivity contribution in [2.24, 2.45) is 0 Å². The normalized spacial score (nSPS) is 13.9. The smallest absolute Gasteiger partial charge is 0.343 e. The highest BCUT2D eigenvalue weighted by molar-refractivity contribution is 14.1. The molecule has 1 fully saturated rings. The molecule has 0 aromatic heterocycles. The van der Waals surface area contributed by atoms with E-state index >= 15 is 0 Å². The first-order chi connectivity index (χ1) is 18.6. The molecule has 1 heterocycles. The molecule has 3 amide bonds. The van der Waals surface area contributed by atoms with Gasteiger partial charge in [0, 0.05) is 21.4 Å². The zero-order valence-corrected chi connectivity index (χ0v) is 23.1. The zero-order valence-electron chi connectivity index (χ0n) is 20.1. The van der Waals surface area contributed by atoms with Gasteiger partial charge < -0.3 is 14.8 Å². The molecule has 0 saturated carbocycles. The summed E-state index contributed by atoms with van der Waals surface area (Å²) >= 11 is 2.83. The molecule has 3 aromatic rings. The van der Waals surface area contributed by atoms with Gasteiger partial charge in [-0.3, -0.25) is 29.4 Å². The Morgan fingerprint density at radius 2 is 1.74 bits per heavy atom. The molecule has 198 valence electrons. The van der Waals surface area contributed by atoms with Gasteiger partial charge >= 0.3 is 5.97 Å². The van der Waals surface area contributed by atoms with E-state index in [1.165, 1.54) is 49.6 Å². The number of methoxy groups -OCH3 is 1. The molecule has 1 aliphatic heterocycles. The third-order valence-corrected chi connectivity index (χ3v) is 6.93. The van der Waals surface area contributed by atoms with E-state index in [1.54, 1.807) is 18.2 Å². The van der Waals surface area contributed by atoms with Gasteiger partial charge in [-0.15, -0.1) is 0 Å². The van der Waals surface area contributed by atoms with Crippen LogP contribution in [0.2, 0.25) is 0 Å². The summed E-state index contributed by atoms with van der Waals surface area (Å²) in [6.45, 7) is -0.436. The quantitative estimate of drug-likeness (QED) is 0.0872. The van der Waals surface area contributed by atoms with Crippen LogP contribution in [-0.4, -0.2) is 46.5 Å². The first-order valence-electron chi connectivity index (χ1n) is 11.1. The summed E-state index contributed by atoms with van der Waals surface area (Å²) in [6.07, 6.45) is 1.46. The number of nitrogens with zero attached hydrogens (tertiary/aromatic N) is 2. The van der Waals surface area contributed by atoms with Crippen molar-refractivity contribution in [2.45, 2.75) is 0 Å². The van der Waals surface area contributed by atoms with Gasteiger partial charge in [0.2, 0.25) is 5.91 Å². The van der Waals surface area contributed by atoms with Crippen LogP contribution in [0.4, 0.5) is 16.2 Å². The van der Waals surface area contributed by atoms with Crippen LogP contribution in [0.1, 0.15) is 15.9 Å². The Morgan fingerprint density at radius 3 is 2.38 bits per heavy atom. The van der Waals surface area contributed by atoms with E-state index in [1.807, 2.05) is 12.1 Å². The van der Waals surface area contributed by atoms with Crippen LogP contribution in [0, 0.1) is 13.7 Å². The summed E-state index contributed by atoms with van der Waals surface area (Å²) in [5, 5.41) is 12.9. The third-order valence-electron chi connectivity index (χ3n) is 5.31. The average molecular weight is 659 g/mol. The molecule has 0 spiro atoms. The van der Waals surface area contributed by atoms with Crippen LogP contribution >= 0.6 is 34.4 Å². The summed E-state index contributed by atoms with van der Waals surface area (Å²) in [7, 11) is 1.36. The van der Waals surface area contributed by atoms with E-state index in [0.29, 0.717) is 23.0 Å². The largest absolute Gasteiger partial charge is 0.493 e. The molecule has 4 rings (SSSR count). The number of nitrogens with one attached hydrogen (secondary N) is 1. The molecular weight excluding hydrogens is 641 g/mol. The standard InChI is InChI=1S/C26H18IN3O8S/c1-37-21-12-15(2-11-20(21)38-25(33)16-3-9-19(10-4-16)30(35)36)13-22-24(32)29(26(34)39-22)14-23(31)28-18-7-5-17(27)6-8-18/h2-13H,14H2,1H3,(H,28,31)/b22-13-. The lowest BCUT2D eigenvalue weighted by atomic mass is 10.1. The van der Waals surface area contributed by atoms with E-state index < -0.39 is 34.5 Å². The Kier molecular flexibility index (Phi) is 8.61. The van der Waals surface area contributed by atoms with Crippen molar-refractivity contribution in [1.29, 1.82) is 0 Å². The number of anilines is 1. The van der Waals surface area contributed by atoms with Gasteiger partial charge in [-0.1, -0.05) is 6.07 Å². The lowest BCUT2D eigenvalue weighted by molar-refractivity contribution is -0.384. The predicted molar refractivity (Wildman–Crippen MR) is 152 cm³/mol. The van der Waals surface area contributed by atoms with Gasteiger partial charge in [0.1, 0.15) is 6.54 Å². The van der Waals surface area contributed by atoms with Crippen molar-refractivity contribution >= 4 is 74.8 Å². The number of carbonyl (C=O) groups is 4. The van der Waals surface area contributed by atoms with Gasteiger partial charge in [0.25, 0.3) is 16.8 Å². The first-order valence-corrected chi connectivity index (χ1v) is 13.0. The van der Waals surface area contributed by atoms with Crippen molar-refractivity contribution in [3.63, 3.8) is 0 Å². The van der Waals surface area contributed by atoms with E-state index in [9.17, 15) is 29.3 Å². The summed E-state index contributed by atoms with van der Waals surface area (Å²) < 4.78 is 11.7. The molecule has 39 heavy (non-hydrogen) atoms. The van der Waals surface area contributed by atoms with Gasteiger partial charge in [0.05, 0.1) is 22.5 Å². The summed E-state index contributed by atoms with van der Waals surface area (Å²) in [4.78, 5) is 61.3. The van der Waals surface area contributed by atoms with Crippen LogP contribution in [-0.2, 0) is 9.59 Å². The van der Waals surface area contributed by atoms with Crippen LogP contribution in [0.3, 0.4) is 0 Å². The number of hydrogen-bond donors (Lipinski definition) is 1. The van der Waals surface area contributed by atoms with E-state index in [-0.39, 0.29) is 27.7 Å². The molecule has 0 radical (unpaired) electrons.